The van der Waals surface area contributed by atoms with Crippen LogP contribution in [0.5, 0.6) is 0 Å². The molecule has 0 N–H and O–H groups in total. The van der Waals surface area contributed by atoms with Crippen LogP contribution in [0.4, 0.5) is 0 Å². The number of hydrogen-bond acceptors (Lipinski definition) is 4. The van der Waals surface area contributed by atoms with Crippen molar-refractivity contribution in [2.45, 2.75) is 25.7 Å². The van der Waals surface area contributed by atoms with Gasteiger partial charge in [-0.15, -0.1) is 0 Å². The van der Waals surface area contributed by atoms with E-state index in [-0.39, 0.29) is 5.97 Å². The van der Waals surface area contributed by atoms with Gasteiger partial charge in [-0.05, 0) is 19.4 Å². The number of esters is 1. The maximum atomic E-state index is 11.5. The van der Waals surface area contributed by atoms with Crippen LogP contribution in [0.25, 0.3) is 0 Å². The lowest BCUT2D eigenvalue weighted by Crippen LogP contribution is -2.45. The van der Waals surface area contributed by atoms with Crippen molar-refractivity contribution >= 4 is 5.97 Å². The minimum Gasteiger partial charge on any atom is -0.466 e. The Hall–Kier alpha value is -0.610. The number of hydrogen-bond donors (Lipinski definition) is 0. The minimum atomic E-state index is -0.0235. The Morgan fingerprint density at radius 2 is 1.94 bits per heavy atom. The molecular formula is C13H24N2O2. The van der Waals surface area contributed by atoms with Crippen molar-refractivity contribution in [1.29, 1.82) is 0 Å². The summed E-state index contributed by atoms with van der Waals surface area (Å²) >= 11 is 0. The van der Waals surface area contributed by atoms with Crippen molar-refractivity contribution in [1.82, 2.24) is 9.80 Å². The first-order valence-electron chi connectivity index (χ1n) is 6.80. The molecule has 0 bridgehead atoms. The summed E-state index contributed by atoms with van der Waals surface area (Å²) in [6.07, 6.45) is 4.28. The lowest BCUT2D eigenvalue weighted by molar-refractivity contribution is -0.144. The van der Waals surface area contributed by atoms with Gasteiger partial charge in [0.1, 0.15) is 0 Å². The summed E-state index contributed by atoms with van der Waals surface area (Å²) in [6.45, 7) is 5.85. The summed E-state index contributed by atoms with van der Waals surface area (Å²) in [6, 6.07) is 0. The van der Waals surface area contributed by atoms with Crippen molar-refractivity contribution in [2.75, 3.05) is 46.4 Å². The summed E-state index contributed by atoms with van der Waals surface area (Å²) < 4.78 is 5.23. The largest absolute Gasteiger partial charge is 0.466 e. The molecule has 2 aliphatic rings. The second-order valence-electron chi connectivity index (χ2n) is 5.35. The fourth-order valence-electron chi connectivity index (χ4n) is 2.14. The summed E-state index contributed by atoms with van der Waals surface area (Å²) in [5.74, 6) is 0.824. The van der Waals surface area contributed by atoms with Crippen LogP contribution in [0.3, 0.4) is 0 Å². The van der Waals surface area contributed by atoms with E-state index in [1.165, 1.54) is 12.8 Å². The van der Waals surface area contributed by atoms with Gasteiger partial charge in [-0.3, -0.25) is 4.79 Å². The summed E-state index contributed by atoms with van der Waals surface area (Å²) in [4.78, 5) is 16.2. The van der Waals surface area contributed by atoms with Crippen LogP contribution in [0.1, 0.15) is 25.7 Å². The van der Waals surface area contributed by atoms with E-state index in [9.17, 15) is 4.79 Å². The van der Waals surface area contributed by atoms with Crippen LogP contribution in [0.2, 0.25) is 0 Å². The number of carbonyl (C=O) groups is 1. The van der Waals surface area contributed by atoms with Crippen LogP contribution >= 0.6 is 0 Å². The van der Waals surface area contributed by atoms with Gasteiger partial charge in [0.25, 0.3) is 0 Å². The maximum Gasteiger partial charge on any atom is 0.307 e. The Balaban J connectivity index is 1.49. The number of piperazine rings is 1. The second-order valence-corrected chi connectivity index (χ2v) is 5.35. The van der Waals surface area contributed by atoms with Crippen molar-refractivity contribution < 1.29 is 9.53 Å². The number of ether oxygens (including phenoxy) is 1. The maximum absolute atomic E-state index is 11.5. The monoisotopic (exact) mass is 240 g/mol. The Morgan fingerprint density at radius 3 is 2.59 bits per heavy atom. The highest BCUT2D eigenvalue weighted by Crippen LogP contribution is 2.32. The molecule has 1 aliphatic carbocycles. The van der Waals surface area contributed by atoms with Crippen molar-refractivity contribution in [3.63, 3.8) is 0 Å². The third kappa shape index (κ3) is 5.04. The van der Waals surface area contributed by atoms with Crippen LogP contribution in [-0.4, -0.2) is 62.1 Å². The molecule has 0 aromatic carbocycles. The zero-order valence-electron chi connectivity index (χ0n) is 10.9. The molecule has 1 saturated carbocycles. The quantitative estimate of drug-likeness (QED) is 0.648. The third-order valence-electron chi connectivity index (χ3n) is 3.71. The topological polar surface area (TPSA) is 32.8 Å². The van der Waals surface area contributed by atoms with Gasteiger partial charge in [-0.25, -0.2) is 0 Å². The van der Waals surface area contributed by atoms with Gasteiger partial charge < -0.3 is 14.5 Å². The van der Waals surface area contributed by atoms with Gasteiger partial charge in [-0.1, -0.05) is 12.8 Å². The highest BCUT2D eigenvalue weighted by molar-refractivity contribution is 5.69. The molecule has 4 nitrogen and oxygen atoms in total. The van der Waals surface area contributed by atoms with Crippen LogP contribution in [0.15, 0.2) is 0 Å². The van der Waals surface area contributed by atoms with Crippen molar-refractivity contribution in [2.24, 2.45) is 5.92 Å². The molecule has 0 aromatic heterocycles. The summed E-state index contributed by atoms with van der Waals surface area (Å²) in [5.41, 5.74) is 0. The van der Waals surface area contributed by atoms with Gasteiger partial charge in [0.15, 0.2) is 0 Å². The Labute approximate surface area is 104 Å². The van der Waals surface area contributed by atoms with E-state index >= 15 is 0 Å². The van der Waals surface area contributed by atoms with Gasteiger partial charge in [0.2, 0.25) is 0 Å². The van der Waals surface area contributed by atoms with Gasteiger partial charge in [0, 0.05) is 32.7 Å². The van der Waals surface area contributed by atoms with E-state index in [2.05, 4.69) is 16.8 Å². The minimum absolute atomic E-state index is 0.0235. The molecule has 2 rings (SSSR count). The number of carbonyl (C=O) groups excluding carboxylic acids is 1. The standard InChI is InChI=1S/C13H24N2O2/c1-14-7-9-15(10-8-14)6-4-13(16)17-11-5-12-2-3-12/h12H,2-11H2,1H3. The van der Waals surface area contributed by atoms with E-state index in [0.717, 1.165) is 45.1 Å². The molecular weight excluding hydrogens is 216 g/mol. The lowest BCUT2D eigenvalue weighted by Gasteiger charge is -2.31. The first kappa shape index (κ1) is 12.8. The molecule has 1 heterocycles. The molecule has 0 radical (unpaired) electrons. The fourth-order valence-corrected chi connectivity index (χ4v) is 2.14. The zero-order valence-corrected chi connectivity index (χ0v) is 10.9. The Bertz CT molecular complexity index is 246. The molecule has 0 aromatic rings. The molecule has 0 atom stereocenters. The predicted octanol–water partition coefficient (Wildman–Crippen LogP) is 0.967. The fraction of sp³-hybridized carbons (Fsp3) is 0.923. The van der Waals surface area contributed by atoms with E-state index in [4.69, 9.17) is 4.74 Å². The average Bonchev–Trinajstić information content (AvgIpc) is 3.12. The molecule has 98 valence electrons. The van der Waals surface area contributed by atoms with Crippen LogP contribution < -0.4 is 0 Å². The zero-order chi connectivity index (χ0) is 12.1. The number of nitrogens with zero attached hydrogens (tertiary/aromatic N) is 2. The molecule has 17 heavy (non-hydrogen) atoms. The Morgan fingerprint density at radius 1 is 1.24 bits per heavy atom. The van der Waals surface area contributed by atoms with E-state index in [1.54, 1.807) is 0 Å². The third-order valence-corrected chi connectivity index (χ3v) is 3.71. The SMILES string of the molecule is CN1CCN(CCC(=O)OCCC2CC2)CC1. The number of likely N-dealkylation sites (N-methyl/N-ethyl adjacent to an activating group) is 1. The highest BCUT2D eigenvalue weighted by Gasteiger charge is 2.21. The molecule has 0 spiro atoms. The smallest absolute Gasteiger partial charge is 0.307 e. The molecule has 4 heteroatoms. The molecule has 2 fully saturated rings. The molecule has 0 unspecified atom stereocenters. The van der Waals surface area contributed by atoms with Gasteiger partial charge >= 0.3 is 5.97 Å². The first-order chi connectivity index (χ1) is 8.24. The van der Waals surface area contributed by atoms with Gasteiger partial charge in [-0.2, -0.15) is 0 Å². The normalized spacial score (nSPS) is 22.6. The van der Waals surface area contributed by atoms with E-state index in [1.807, 2.05) is 0 Å². The van der Waals surface area contributed by atoms with Crippen LogP contribution in [0, 0.1) is 5.92 Å². The first-order valence-corrected chi connectivity index (χ1v) is 6.80. The average molecular weight is 240 g/mol. The molecule has 0 amide bonds. The van der Waals surface area contributed by atoms with Crippen molar-refractivity contribution in [3.8, 4) is 0 Å². The molecule has 1 aliphatic heterocycles. The number of rotatable bonds is 6. The summed E-state index contributed by atoms with van der Waals surface area (Å²) in [7, 11) is 2.14. The molecule has 1 saturated heterocycles. The van der Waals surface area contributed by atoms with Crippen molar-refractivity contribution in [3.05, 3.63) is 0 Å². The van der Waals surface area contributed by atoms with E-state index in [0.29, 0.717) is 13.0 Å². The lowest BCUT2D eigenvalue weighted by atomic mass is 10.3. The Kier molecular flexibility index (Phi) is 4.80. The van der Waals surface area contributed by atoms with Gasteiger partial charge in [0.05, 0.1) is 13.0 Å². The van der Waals surface area contributed by atoms with Crippen LogP contribution in [-0.2, 0) is 9.53 Å². The predicted molar refractivity (Wildman–Crippen MR) is 66.9 cm³/mol. The summed E-state index contributed by atoms with van der Waals surface area (Å²) in [5, 5.41) is 0. The highest BCUT2D eigenvalue weighted by atomic mass is 16.5. The van der Waals surface area contributed by atoms with E-state index < -0.39 is 0 Å². The second kappa shape index (κ2) is 6.36.